The molecule has 0 saturated carbocycles. The van der Waals surface area contributed by atoms with Crippen LogP contribution >= 0.6 is 0 Å². The van der Waals surface area contributed by atoms with Crippen LogP contribution in [0.3, 0.4) is 0 Å². The summed E-state index contributed by atoms with van der Waals surface area (Å²) in [6.07, 6.45) is 7.08. The summed E-state index contributed by atoms with van der Waals surface area (Å²) in [6, 6.07) is 30.3. The lowest BCUT2D eigenvalue weighted by Gasteiger charge is -2.08. The van der Waals surface area contributed by atoms with Crippen LogP contribution in [0.2, 0.25) is 0 Å². The Bertz CT molecular complexity index is 1510. The standard InChI is InChI=1S/C28H22N2O4S/c31-30(29-26-16-8-7-14-24(26)20-18-22-10-3-1-4-11-22)28-25(15-9-17-27(28)35(32,33)34)21-19-23-12-5-2-6-13-23/h1-21H,(H,32,33,34)/b20-18+,21-19-,30-29?. The Morgan fingerprint density at radius 2 is 1.17 bits per heavy atom. The minimum absolute atomic E-state index is 0.239. The molecular weight excluding hydrogens is 460 g/mol. The van der Waals surface area contributed by atoms with Crippen LogP contribution in [0.25, 0.3) is 24.3 Å². The van der Waals surface area contributed by atoms with Crippen LogP contribution in [0.4, 0.5) is 11.4 Å². The molecule has 0 fully saturated rings. The number of rotatable bonds is 7. The maximum atomic E-state index is 13.3. The van der Waals surface area contributed by atoms with Crippen molar-refractivity contribution in [3.63, 3.8) is 0 Å². The molecule has 174 valence electrons. The Kier molecular flexibility index (Phi) is 7.30. The van der Waals surface area contributed by atoms with E-state index in [2.05, 4.69) is 5.11 Å². The molecule has 0 aliphatic heterocycles. The normalized spacial score (nSPS) is 12.4. The van der Waals surface area contributed by atoms with Gasteiger partial charge in [-0.2, -0.15) is 8.42 Å². The molecule has 4 aromatic carbocycles. The van der Waals surface area contributed by atoms with Gasteiger partial charge in [0.15, 0.2) is 4.90 Å². The van der Waals surface area contributed by atoms with E-state index >= 15 is 0 Å². The summed E-state index contributed by atoms with van der Waals surface area (Å²) in [4.78, 5) is -0.285. The second-order valence-corrected chi connectivity index (χ2v) is 8.98. The Morgan fingerprint density at radius 3 is 1.77 bits per heavy atom. The summed E-state index contributed by atoms with van der Waals surface area (Å²) in [5.74, 6) is 0. The minimum Gasteiger partial charge on any atom is -0.594 e. The third kappa shape index (κ3) is 6.17. The summed E-state index contributed by atoms with van der Waals surface area (Å²) in [6.45, 7) is 0. The van der Waals surface area contributed by atoms with E-state index in [9.17, 15) is 18.2 Å². The lowest BCUT2D eigenvalue weighted by Crippen LogP contribution is -2.05. The number of para-hydroxylation sites is 1. The van der Waals surface area contributed by atoms with E-state index in [4.69, 9.17) is 0 Å². The number of nitrogens with zero attached hydrogens (tertiary/aromatic N) is 2. The average Bonchev–Trinajstić information content (AvgIpc) is 2.87. The molecule has 4 aromatic rings. The van der Waals surface area contributed by atoms with Gasteiger partial charge in [-0.15, -0.1) is 0 Å². The fraction of sp³-hybridized carbons (Fsp3) is 0. The summed E-state index contributed by atoms with van der Waals surface area (Å²) in [5, 5.41) is 17.4. The predicted molar refractivity (Wildman–Crippen MR) is 139 cm³/mol. The number of azo groups is 1. The monoisotopic (exact) mass is 482 g/mol. The third-order valence-electron chi connectivity index (χ3n) is 5.14. The van der Waals surface area contributed by atoms with Crippen molar-refractivity contribution in [1.82, 2.24) is 0 Å². The second kappa shape index (κ2) is 10.7. The summed E-state index contributed by atoms with van der Waals surface area (Å²) < 4.78 is 33.9. The van der Waals surface area contributed by atoms with Gasteiger partial charge in [0.2, 0.25) is 0 Å². The molecule has 0 radical (unpaired) electrons. The van der Waals surface area contributed by atoms with Crippen LogP contribution in [0.1, 0.15) is 22.3 Å². The van der Waals surface area contributed by atoms with Crippen molar-refractivity contribution in [2.24, 2.45) is 5.11 Å². The molecule has 6 nitrogen and oxygen atoms in total. The highest BCUT2D eigenvalue weighted by molar-refractivity contribution is 7.86. The van der Waals surface area contributed by atoms with Crippen molar-refractivity contribution in [1.29, 1.82) is 0 Å². The van der Waals surface area contributed by atoms with E-state index < -0.39 is 15.0 Å². The van der Waals surface area contributed by atoms with Crippen LogP contribution in [0, 0.1) is 5.21 Å². The first-order valence-corrected chi connectivity index (χ1v) is 12.2. The largest absolute Gasteiger partial charge is 0.594 e. The van der Waals surface area contributed by atoms with Crippen molar-refractivity contribution in [2.45, 2.75) is 4.90 Å². The van der Waals surface area contributed by atoms with Crippen molar-refractivity contribution >= 4 is 45.8 Å². The number of hydrogen-bond acceptors (Lipinski definition) is 4. The zero-order valence-electron chi connectivity index (χ0n) is 18.6. The maximum Gasteiger partial charge on any atom is 0.301 e. The molecule has 0 aromatic heterocycles. The van der Waals surface area contributed by atoms with Gasteiger partial charge in [-0.1, -0.05) is 103 Å². The zero-order chi connectivity index (χ0) is 24.7. The van der Waals surface area contributed by atoms with Crippen molar-refractivity contribution in [3.8, 4) is 0 Å². The Hall–Kier alpha value is -4.33. The highest BCUT2D eigenvalue weighted by atomic mass is 32.2. The highest BCUT2D eigenvalue weighted by Crippen LogP contribution is 2.32. The molecule has 0 aliphatic carbocycles. The smallest absolute Gasteiger partial charge is 0.301 e. The van der Waals surface area contributed by atoms with Gasteiger partial charge in [0.05, 0.1) is 5.56 Å². The summed E-state index contributed by atoms with van der Waals surface area (Å²) in [7, 11) is -4.68. The molecule has 35 heavy (non-hydrogen) atoms. The lowest BCUT2D eigenvalue weighted by atomic mass is 10.1. The van der Waals surface area contributed by atoms with E-state index in [0.717, 1.165) is 11.1 Å². The molecule has 0 atom stereocenters. The molecule has 4 rings (SSSR count). The van der Waals surface area contributed by atoms with Gasteiger partial charge in [-0.3, -0.25) is 4.55 Å². The van der Waals surface area contributed by atoms with E-state index in [0.29, 0.717) is 16.8 Å². The average molecular weight is 483 g/mol. The molecule has 0 heterocycles. The van der Waals surface area contributed by atoms with E-state index in [1.54, 1.807) is 36.4 Å². The molecule has 0 bridgehead atoms. The first-order chi connectivity index (χ1) is 16.9. The molecule has 0 saturated heterocycles. The Labute approximate surface area is 204 Å². The topological polar surface area (TPSA) is 92.8 Å². The Morgan fingerprint density at radius 1 is 0.657 bits per heavy atom. The van der Waals surface area contributed by atoms with Gasteiger partial charge in [-0.25, -0.2) is 0 Å². The van der Waals surface area contributed by atoms with Crippen LogP contribution in [-0.2, 0) is 10.1 Å². The molecule has 1 N–H and O–H groups in total. The lowest BCUT2D eigenvalue weighted by molar-refractivity contribution is -0.438. The fourth-order valence-electron chi connectivity index (χ4n) is 3.45. The quantitative estimate of drug-likeness (QED) is 0.0991. The number of hydrogen-bond donors (Lipinski definition) is 1. The predicted octanol–water partition coefficient (Wildman–Crippen LogP) is 7.20. The van der Waals surface area contributed by atoms with E-state index in [1.165, 1.54) is 12.1 Å². The van der Waals surface area contributed by atoms with Gasteiger partial charge in [0.1, 0.15) is 5.69 Å². The molecule has 7 heteroatoms. The summed E-state index contributed by atoms with van der Waals surface area (Å²) in [5.41, 5.74) is 2.87. The molecule has 0 unspecified atom stereocenters. The van der Waals surface area contributed by atoms with Crippen molar-refractivity contribution < 1.29 is 17.8 Å². The van der Waals surface area contributed by atoms with Crippen LogP contribution in [0.15, 0.2) is 113 Å². The minimum atomic E-state index is -4.68. The van der Waals surface area contributed by atoms with Crippen LogP contribution in [-0.4, -0.2) is 17.8 Å². The van der Waals surface area contributed by atoms with E-state index in [1.807, 2.05) is 78.9 Å². The van der Waals surface area contributed by atoms with Crippen molar-refractivity contribution in [2.75, 3.05) is 0 Å². The van der Waals surface area contributed by atoms with E-state index in [-0.39, 0.29) is 10.5 Å². The SMILES string of the molecule is O=S(=O)(O)c1cccc(/C=C\c2ccccc2)c1[N+]([O-])=Nc1ccccc1/C=C/c1ccccc1. The number of benzene rings is 4. The van der Waals surface area contributed by atoms with Crippen molar-refractivity contribution in [3.05, 3.63) is 131 Å². The molecule has 0 aliphatic rings. The Balaban J connectivity index is 1.79. The first kappa shape index (κ1) is 23.8. The van der Waals surface area contributed by atoms with Gasteiger partial charge in [-0.05, 0) is 40.3 Å². The summed E-state index contributed by atoms with van der Waals surface area (Å²) >= 11 is 0. The van der Waals surface area contributed by atoms with Gasteiger partial charge >= 0.3 is 10.1 Å². The third-order valence-corrected chi connectivity index (χ3v) is 6.03. The fourth-order valence-corrected chi connectivity index (χ4v) is 4.15. The zero-order valence-corrected chi connectivity index (χ0v) is 19.4. The van der Waals surface area contributed by atoms with Crippen LogP contribution < -0.4 is 0 Å². The molecule has 0 amide bonds. The second-order valence-electron chi connectivity index (χ2n) is 7.59. The van der Waals surface area contributed by atoms with Gasteiger partial charge in [0, 0.05) is 10.7 Å². The van der Waals surface area contributed by atoms with Gasteiger partial charge < -0.3 is 5.21 Å². The maximum absolute atomic E-state index is 13.3. The van der Waals surface area contributed by atoms with Crippen LogP contribution in [0.5, 0.6) is 0 Å². The first-order valence-electron chi connectivity index (χ1n) is 10.8. The molecule has 0 spiro atoms. The highest BCUT2D eigenvalue weighted by Gasteiger charge is 2.25. The molecular formula is C28H22N2O4S. The van der Waals surface area contributed by atoms with Gasteiger partial charge in [0.25, 0.3) is 5.69 Å².